The lowest BCUT2D eigenvalue weighted by Crippen LogP contribution is -2.24. The molecule has 0 fully saturated rings. The molecular formula is C18H18FN3O3S. The number of H-pyrrole nitrogens is 1. The summed E-state index contributed by atoms with van der Waals surface area (Å²) < 4.78 is 40.3. The molecule has 0 aliphatic carbocycles. The van der Waals surface area contributed by atoms with Crippen molar-refractivity contribution >= 4 is 32.5 Å². The van der Waals surface area contributed by atoms with E-state index >= 15 is 0 Å². The van der Waals surface area contributed by atoms with Crippen LogP contribution in [0, 0.1) is 5.82 Å². The highest BCUT2D eigenvalue weighted by Gasteiger charge is 2.14. The first kappa shape index (κ1) is 18.1. The Morgan fingerprint density at radius 3 is 2.54 bits per heavy atom. The van der Waals surface area contributed by atoms with Crippen molar-refractivity contribution in [3.05, 3.63) is 60.0 Å². The zero-order chi connectivity index (χ0) is 18.7. The van der Waals surface area contributed by atoms with Gasteiger partial charge in [0.1, 0.15) is 11.5 Å². The molecule has 136 valence electrons. The number of fused-ring (bicyclic) bond motifs is 1. The fourth-order valence-electron chi connectivity index (χ4n) is 2.48. The van der Waals surface area contributed by atoms with Gasteiger partial charge in [0.05, 0.1) is 4.90 Å². The lowest BCUT2D eigenvalue weighted by molar-refractivity contribution is 0.102. The van der Waals surface area contributed by atoms with Crippen molar-refractivity contribution in [2.24, 2.45) is 0 Å². The summed E-state index contributed by atoms with van der Waals surface area (Å²) in [5, 5.41) is 2.99. The largest absolute Gasteiger partial charge is 0.350 e. The monoisotopic (exact) mass is 375 g/mol. The minimum atomic E-state index is -3.55. The quantitative estimate of drug-likeness (QED) is 0.618. The van der Waals surface area contributed by atoms with Gasteiger partial charge in [0.15, 0.2) is 0 Å². The second-order valence-electron chi connectivity index (χ2n) is 5.76. The van der Waals surface area contributed by atoms with Crippen LogP contribution in [0.2, 0.25) is 0 Å². The molecule has 1 heterocycles. The molecule has 1 amide bonds. The van der Waals surface area contributed by atoms with Crippen LogP contribution in [0.1, 0.15) is 23.8 Å². The average Bonchev–Trinajstić information content (AvgIpc) is 3.06. The summed E-state index contributed by atoms with van der Waals surface area (Å²) in [7, 11) is -3.55. The number of hydrogen-bond donors (Lipinski definition) is 3. The predicted octanol–water partition coefficient (Wildman–Crippen LogP) is 3.25. The van der Waals surface area contributed by atoms with Crippen LogP contribution in [-0.4, -0.2) is 25.9 Å². The summed E-state index contributed by atoms with van der Waals surface area (Å²) in [6.45, 7) is 2.23. The Morgan fingerprint density at radius 2 is 1.88 bits per heavy atom. The van der Waals surface area contributed by atoms with E-state index in [9.17, 15) is 17.6 Å². The number of anilines is 1. The maximum absolute atomic E-state index is 13.7. The molecule has 2 aromatic carbocycles. The zero-order valence-electron chi connectivity index (χ0n) is 14.0. The SMILES string of the molecule is CCCNS(=O)(=O)c1ccc(NC(=O)c2cc3c(F)cccc3[nH]2)cc1. The van der Waals surface area contributed by atoms with E-state index in [0.29, 0.717) is 29.6 Å². The van der Waals surface area contributed by atoms with Crippen molar-refractivity contribution in [2.75, 3.05) is 11.9 Å². The molecule has 0 radical (unpaired) electrons. The summed E-state index contributed by atoms with van der Waals surface area (Å²) >= 11 is 0. The van der Waals surface area contributed by atoms with Crippen molar-refractivity contribution in [3.8, 4) is 0 Å². The molecule has 3 rings (SSSR count). The average molecular weight is 375 g/mol. The van der Waals surface area contributed by atoms with Crippen LogP contribution >= 0.6 is 0 Å². The lowest BCUT2D eigenvalue weighted by atomic mass is 10.2. The van der Waals surface area contributed by atoms with Crippen LogP contribution in [0.15, 0.2) is 53.4 Å². The zero-order valence-corrected chi connectivity index (χ0v) is 14.9. The smallest absolute Gasteiger partial charge is 0.272 e. The van der Waals surface area contributed by atoms with Crippen molar-refractivity contribution in [3.63, 3.8) is 0 Å². The second kappa shape index (κ2) is 7.27. The van der Waals surface area contributed by atoms with E-state index in [1.54, 1.807) is 12.1 Å². The van der Waals surface area contributed by atoms with Crippen molar-refractivity contribution in [1.29, 1.82) is 0 Å². The number of halogens is 1. The molecule has 8 heteroatoms. The van der Waals surface area contributed by atoms with E-state index in [4.69, 9.17) is 0 Å². The second-order valence-corrected chi connectivity index (χ2v) is 7.53. The Balaban J connectivity index is 1.76. The first-order valence-corrected chi connectivity index (χ1v) is 9.57. The summed E-state index contributed by atoms with van der Waals surface area (Å²) in [6, 6.07) is 11.8. The summed E-state index contributed by atoms with van der Waals surface area (Å²) in [6.07, 6.45) is 0.693. The number of hydrogen-bond acceptors (Lipinski definition) is 3. The molecule has 1 aromatic heterocycles. The Bertz CT molecular complexity index is 1040. The molecule has 0 spiro atoms. The minimum absolute atomic E-state index is 0.122. The van der Waals surface area contributed by atoms with E-state index < -0.39 is 21.7 Å². The lowest BCUT2D eigenvalue weighted by Gasteiger charge is -2.07. The Labute approximate surface area is 150 Å². The van der Waals surface area contributed by atoms with E-state index in [-0.39, 0.29) is 10.6 Å². The third-order valence-corrected chi connectivity index (χ3v) is 5.30. The van der Waals surface area contributed by atoms with E-state index in [1.165, 1.54) is 36.4 Å². The van der Waals surface area contributed by atoms with Gasteiger partial charge in [-0.2, -0.15) is 0 Å². The van der Waals surface area contributed by atoms with Gasteiger partial charge in [-0.1, -0.05) is 13.0 Å². The van der Waals surface area contributed by atoms with Gasteiger partial charge < -0.3 is 10.3 Å². The normalized spacial score (nSPS) is 11.6. The Morgan fingerprint density at radius 1 is 1.15 bits per heavy atom. The van der Waals surface area contributed by atoms with Crippen LogP contribution in [0.3, 0.4) is 0 Å². The summed E-state index contributed by atoms with van der Waals surface area (Å²) in [4.78, 5) is 15.3. The van der Waals surface area contributed by atoms with Crippen LogP contribution in [0.5, 0.6) is 0 Å². The summed E-state index contributed by atoms with van der Waals surface area (Å²) in [5.74, 6) is -0.854. The molecule has 0 aliphatic heterocycles. The standard InChI is InChI=1S/C18H18FN3O3S/c1-2-10-20-26(24,25)13-8-6-12(7-9-13)21-18(23)17-11-14-15(19)4-3-5-16(14)22-17/h3-9,11,20,22H,2,10H2,1H3,(H,21,23). The third kappa shape index (κ3) is 3.76. The van der Waals surface area contributed by atoms with Gasteiger partial charge >= 0.3 is 0 Å². The van der Waals surface area contributed by atoms with Crippen LogP contribution in [0.4, 0.5) is 10.1 Å². The molecule has 3 N–H and O–H groups in total. The molecule has 26 heavy (non-hydrogen) atoms. The van der Waals surface area contributed by atoms with Crippen molar-refractivity contribution in [2.45, 2.75) is 18.2 Å². The molecule has 0 aliphatic rings. The minimum Gasteiger partial charge on any atom is -0.350 e. The molecule has 0 saturated heterocycles. The van der Waals surface area contributed by atoms with Gasteiger partial charge in [0.25, 0.3) is 5.91 Å². The Kier molecular flexibility index (Phi) is 5.06. The van der Waals surface area contributed by atoms with Gasteiger partial charge in [-0.3, -0.25) is 4.79 Å². The highest BCUT2D eigenvalue weighted by molar-refractivity contribution is 7.89. The highest BCUT2D eigenvalue weighted by atomic mass is 32.2. The molecule has 0 unspecified atom stereocenters. The topological polar surface area (TPSA) is 91.1 Å². The first-order chi connectivity index (χ1) is 12.4. The van der Waals surface area contributed by atoms with Gasteiger partial charge in [0, 0.05) is 23.1 Å². The predicted molar refractivity (Wildman–Crippen MR) is 98.1 cm³/mol. The van der Waals surface area contributed by atoms with Crippen LogP contribution in [0.25, 0.3) is 10.9 Å². The van der Waals surface area contributed by atoms with Crippen LogP contribution in [-0.2, 0) is 10.0 Å². The fourth-order valence-corrected chi connectivity index (χ4v) is 3.61. The molecule has 3 aromatic rings. The van der Waals surface area contributed by atoms with Crippen LogP contribution < -0.4 is 10.0 Å². The number of amides is 1. The summed E-state index contributed by atoms with van der Waals surface area (Å²) in [5.41, 5.74) is 1.17. The number of aromatic amines is 1. The number of carbonyl (C=O) groups is 1. The van der Waals surface area contributed by atoms with E-state index in [1.807, 2.05) is 6.92 Å². The Hall–Kier alpha value is -2.71. The molecule has 0 atom stereocenters. The van der Waals surface area contributed by atoms with Gasteiger partial charge in [-0.15, -0.1) is 0 Å². The third-order valence-electron chi connectivity index (χ3n) is 3.82. The molecule has 6 nitrogen and oxygen atoms in total. The number of benzene rings is 2. The molecule has 0 saturated carbocycles. The van der Waals surface area contributed by atoms with Gasteiger partial charge in [-0.25, -0.2) is 17.5 Å². The highest BCUT2D eigenvalue weighted by Crippen LogP contribution is 2.20. The molecular weight excluding hydrogens is 357 g/mol. The van der Waals surface area contributed by atoms with Gasteiger partial charge in [0.2, 0.25) is 10.0 Å². The van der Waals surface area contributed by atoms with E-state index in [2.05, 4.69) is 15.0 Å². The number of carbonyl (C=O) groups excluding carboxylic acids is 1. The maximum atomic E-state index is 13.7. The number of nitrogens with one attached hydrogen (secondary N) is 3. The number of rotatable bonds is 6. The fraction of sp³-hybridized carbons (Fsp3) is 0.167. The van der Waals surface area contributed by atoms with Crippen molar-refractivity contribution < 1.29 is 17.6 Å². The maximum Gasteiger partial charge on any atom is 0.272 e. The number of sulfonamides is 1. The van der Waals surface area contributed by atoms with Crippen molar-refractivity contribution in [1.82, 2.24) is 9.71 Å². The first-order valence-electron chi connectivity index (χ1n) is 8.09. The van der Waals surface area contributed by atoms with Gasteiger partial charge in [-0.05, 0) is 48.9 Å². The number of aromatic nitrogens is 1. The van der Waals surface area contributed by atoms with E-state index in [0.717, 1.165) is 0 Å². The molecule has 0 bridgehead atoms.